The summed E-state index contributed by atoms with van der Waals surface area (Å²) < 4.78 is 2.10. The van der Waals surface area contributed by atoms with Crippen molar-refractivity contribution in [1.29, 1.82) is 0 Å². The van der Waals surface area contributed by atoms with Gasteiger partial charge in [0.15, 0.2) is 5.65 Å². The van der Waals surface area contributed by atoms with Gasteiger partial charge in [-0.15, -0.1) is 10.2 Å². The van der Waals surface area contributed by atoms with Gasteiger partial charge >= 0.3 is 0 Å². The number of hydrogen-bond acceptors (Lipinski definition) is 4. The highest BCUT2D eigenvalue weighted by Crippen LogP contribution is 2.27. The summed E-state index contributed by atoms with van der Waals surface area (Å²) in [6, 6.07) is 16.9. The number of nitrogens with zero attached hydrogens (tertiary/aromatic N) is 4. The van der Waals surface area contributed by atoms with Crippen LogP contribution < -0.4 is 0 Å². The summed E-state index contributed by atoms with van der Waals surface area (Å²) in [5, 5.41) is 10.6. The maximum atomic E-state index is 4.73. The fourth-order valence-electron chi connectivity index (χ4n) is 2.92. The average Bonchev–Trinajstić information content (AvgIpc) is 2.88. The predicted octanol–water partition coefficient (Wildman–Crippen LogP) is 4.16. The zero-order valence-electron chi connectivity index (χ0n) is 13.7. The van der Waals surface area contributed by atoms with Crippen LogP contribution in [0.25, 0.3) is 22.1 Å². The SMILES string of the molecule is Cc1ccc2c(c1)c1nnc(SCCc3ccccc3)nc1n2C. The maximum Gasteiger partial charge on any atom is 0.211 e. The Balaban J connectivity index is 1.61. The molecule has 0 aliphatic heterocycles. The fraction of sp³-hybridized carbons (Fsp3) is 0.211. The normalized spacial score (nSPS) is 11.4. The van der Waals surface area contributed by atoms with Crippen LogP contribution in [0.4, 0.5) is 0 Å². The van der Waals surface area contributed by atoms with E-state index < -0.39 is 0 Å². The Morgan fingerprint density at radius 2 is 1.88 bits per heavy atom. The van der Waals surface area contributed by atoms with Gasteiger partial charge in [-0.1, -0.05) is 53.7 Å². The van der Waals surface area contributed by atoms with E-state index in [0.29, 0.717) is 0 Å². The van der Waals surface area contributed by atoms with E-state index in [0.717, 1.165) is 39.4 Å². The molecule has 0 aliphatic rings. The molecule has 2 heterocycles. The molecule has 0 unspecified atom stereocenters. The van der Waals surface area contributed by atoms with Gasteiger partial charge < -0.3 is 4.57 Å². The number of benzene rings is 2. The number of aryl methyl sites for hydroxylation is 3. The van der Waals surface area contributed by atoms with Crippen molar-refractivity contribution in [2.24, 2.45) is 7.05 Å². The summed E-state index contributed by atoms with van der Waals surface area (Å²) >= 11 is 1.65. The Labute approximate surface area is 144 Å². The molecule has 2 aromatic carbocycles. The van der Waals surface area contributed by atoms with Crippen molar-refractivity contribution in [2.75, 3.05) is 5.75 Å². The largest absolute Gasteiger partial charge is 0.327 e. The summed E-state index contributed by atoms with van der Waals surface area (Å²) in [5.74, 6) is 0.945. The molecule has 0 saturated heterocycles. The molecule has 0 N–H and O–H groups in total. The Morgan fingerprint density at radius 3 is 2.71 bits per heavy atom. The molecule has 0 spiro atoms. The summed E-state index contributed by atoms with van der Waals surface area (Å²) in [6.07, 6.45) is 1.00. The zero-order chi connectivity index (χ0) is 16.5. The minimum atomic E-state index is 0.737. The predicted molar refractivity (Wildman–Crippen MR) is 99.4 cm³/mol. The van der Waals surface area contributed by atoms with E-state index >= 15 is 0 Å². The second-order valence-electron chi connectivity index (χ2n) is 5.93. The molecule has 4 aromatic rings. The summed E-state index contributed by atoms with van der Waals surface area (Å²) in [7, 11) is 2.03. The van der Waals surface area contributed by atoms with Crippen LogP contribution in [-0.2, 0) is 13.5 Å². The molecule has 0 aliphatic carbocycles. The molecule has 5 heteroatoms. The van der Waals surface area contributed by atoms with Crippen molar-refractivity contribution in [3.05, 3.63) is 59.7 Å². The first-order chi connectivity index (χ1) is 11.7. The monoisotopic (exact) mass is 334 g/mol. The molecular weight excluding hydrogens is 316 g/mol. The Kier molecular flexibility index (Phi) is 3.94. The molecule has 120 valence electrons. The first kappa shape index (κ1) is 15.1. The fourth-order valence-corrected chi connectivity index (χ4v) is 3.69. The Bertz CT molecular complexity index is 1010. The van der Waals surface area contributed by atoms with Gasteiger partial charge in [-0.25, -0.2) is 4.98 Å². The van der Waals surface area contributed by atoms with Gasteiger partial charge in [0.1, 0.15) is 5.52 Å². The molecule has 0 amide bonds. The molecule has 0 atom stereocenters. The smallest absolute Gasteiger partial charge is 0.211 e. The van der Waals surface area contributed by atoms with Crippen molar-refractivity contribution >= 4 is 33.8 Å². The van der Waals surface area contributed by atoms with Crippen molar-refractivity contribution in [3.63, 3.8) is 0 Å². The third-order valence-electron chi connectivity index (χ3n) is 4.20. The molecule has 2 aromatic heterocycles. The Hall–Kier alpha value is -2.40. The van der Waals surface area contributed by atoms with Gasteiger partial charge in [0.25, 0.3) is 0 Å². The highest BCUT2D eigenvalue weighted by molar-refractivity contribution is 7.99. The van der Waals surface area contributed by atoms with Crippen molar-refractivity contribution in [1.82, 2.24) is 19.7 Å². The van der Waals surface area contributed by atoms with Crippen LogP contribution in [0.1, 0.15) is 11.1 Å². The number of aromatic nitrogens is 4. The van der Waals surface area contributed by atoms with Crippen LogP contribution in [0.15, 0.2) is 53.7 Å². The molecule has 0 bridgehead atoms. The Morgan fingerprint density at radius 1 is 1.04 bits per heavy atom. The van der Waals surface area contributed by atoms with Crippen LogP contribution in [0.5, 0.6) is 0 Å². The first-order valence-corrected chi connectivity index (χ1v) is 8.97. The quantitative estimate of drug-likeness (QED) is 0.526. The van der Waals surface area contributed by atoms with Gasteiger partial charge in [-0.05, 0) is 31.0 Å². The second kappa shape index (κ2) is 6.24. The van der Waals surface area contributed by atoms with Crippen LogP contribution in [0.2, 0.25) is 0 Å². The lowest BCUT2D eigenvalue weighted by Crippen LogP contribution is -1.97. The molecule has 0 fully saturated rings. The molecular formula is C19H18N4S. The highest BCUT2D eigenvalue weighted by atomic mass is 32.2. The highest BCUT2D eigenvalue weighted by Gasteiger charge is 2.12. The number of hydrogen-bond donors (Lipinski definition) is 0. The van der Waals surface area contributed by atoms with Gasteiger partial charge in [0.05, 0.1) is 5.52 Å². The van der Waals surface area contributed by atoms with Gasteiger partial charge in [-0.2, -0.15) is 0 Å². The van der Waals surface area contributed by atoms with E-state index in [2.05, 4.69) is 64.2 Å². The van der Waals surface area contributed by atoms with E-state index in [1.54, 1.807) is 11.8 Å². The summed E-state index contributed by atoms with van der Waals surface area (Å²) in [6.45, 7) is 2.09. The maximum absolute atomic E-state index is 4.73. The van der Waals surface area contributed by atoms with E-state index in [9.17, 15) is 0 Å². The van der Waals surface area contributed by atoms with Crippen LogP contribution in [-0.4, -0.2) is 25.5 Å². The van der Waals surface area contributed by atoms with Crippen LogP contribution in [0.3, 0.4) is 0 Å². The second-order valence-corrected chi connectivity index (χ2v) is 6.99. The standard InChI is InChI=1S/C19H18N4S/c1-13-8-9-16-15(12-13)17-18(23(16)2)20-19(22-21-17)24-11-10-14-6-4-3-5-7-14/h3-9,12H,10-11H2,1-2H3. The zero-order valence-corrected chi connectivity index (χ0v) is 14.5. The van der Waals surface area contributed by atoms with Crippen molar-refractivity contribution < 1.29 is 0 Å². The van der Waals surface area contributed by atoms with Crippen LogP contribution >= 0.6 is 11.8 Å². The summed E-state index contributed by atoms with van der Waals surface area (Å²) in [4.78, 5) is 4.73. The van der Waals surface area contributed by atoms with Gasteiger partial charge in [0, 0.05) is 18.2 Å². The van der Waals surface area contributed by atoms with Crippen LogP contribution in [0, 0.1) is 6.92 Å². The number of fused-ring (bicyclic) bond motifs is 3. The number of thioether (sulfide) groups is 1. The van der Waals surface area contributed by atoms with Gasteiger partial charge in [0.2, 0.25) is 5.16 Å². The molecule has 24 heavy (non-hydrogen) atoms. The third kappa shape index (κ3) is 2.76. The molecule has 0 saturated carbocycles. The first-order valence-electron chi connectivity index (χ1n) is 7.98. The van der Waals surface area contributed by atoms with E-state index in [4.69, 9.17) is 4.98 Å². The van der Waals surface area contributed by atoms with E-state index in [1.807, 2.05) is 13.1 Å². The lowest BCUT2D eigenvalue weighted by Gasteiger charge is -2.01. The van der Waals surface area contributed by atoms with E-state index in [1.165, 1.54) is 11.1 Å². The average molecular weight is 334 g/mol. The molecule has 4 rings (SSSR count). The minimum absolute atomic E-state index is 0.737. The minimum Gasteiger partial charge on any atom is -0.327 e. The van der Waals surface area contributed by atoms with Crippen molar-refractivity contribution in [3.8, 4) is 0 Å². The van der Waals surface area contributed by atoms with Crippen molar-refractivity contribution in [2.45, 2.75) is 18.5 Å². The lowest BCUT2D eigenvalue weighted by atomic mass is 10.2. The summed E-state index contributed by atoms with van der Waals surface area (Å²) in [5.41, 5.74) is 5.47. The van der Waals surface area contributed by atoms with E-state index in [-0.39, 0.29) is 0 Å². The third-order valence-corrected chi connectivity index (χ3v) is 5.04. The molecule has 0 radical (unpaired) electrons. The molecule has 4 nitrogen and oxygen atoms in total. The van der Waals surface area contributed by atoms with Gasteiger partial charge in [-0.3, -0.25) is 0 Å². The lowest BCUT2D eigenvalue weighted by molar-refractivity contribution is 0.854. The topological polar surface area (TPSA) is 43.6 Å². The number of rotatable bonds is 4.